The van der Waals surface area contributed by atoms with Crippen LogP contribution in [0, 0.1) is 6.92 Å². The highest BCUT2D eigenvalue weighted by atomic mass is 16.1. The van der Waals surface area contributed by atoms with Crippen LogP contribution in [0.15, 0.2) is 48.1 Å². The molecule has 1 aromatic carbocycles. The molecule has 0 heterocycles. The van der Waals surface area contributed by atoms with Gasteiger partial charge in [-0.05, 0) is 6.92 Å². The third-order valence-corrected chi connectivity index (χ3v) is 2.13. The lowest BCUT2D eigenvalue weighted by molar-refractivity contribution is 0.103. The Hall–Kier alpha value is -1.63. The molecule has 0 radical (unpaired) electrons. The van der Waals surface area contributed by atoms with E-state index in [4.69, 9.17) is 0 Å². The quantitative estimate of drug-likeness (QED) is 0.623. The van der Waals surface area contributed by atoms with E-state index in [1.54, 1.807) is 0 Å². The summed E-state index contributed by atoms with van der Waals surface area (Å²) in [5.74, 6) is 0.113. The third-order valence-electron chi connectivity index (χ3n) is 2.13. The fourth-order valence-electron chi connectivity index (χ4n) is 1.22. The van der Waals surface area contributed by atoms with E-state index in [-0.39, 0.29) is 5.78 Å². The predicted octanol–water partition coefficient (Wildman–Crippen LogP) is 2.67. The van der Waals surface area contributed by atoms with Crippen LogP contribution in [0.25, 0.3) is 0 Å². The molecule has 1 nitrogen and oxygen atoms in total. The highest BCUT2D eigenvalue weighted by Gasteiger charge is 2.11. The van der Waals surface area contributed by atoms with E-state index >= 15 is 0 Å². The lowest BCUT2D eigenvalue weighted by Crippen LogP contribution is -2.04. The van der Waals surface area contributed by atoms with E-state index in [0.717, 1.165) is 11.1 Å². The summed E-state index contributed by atoms with van der Waals surface area (Å²) < 4.78 is 0. The van der Waals surface area contributed by atoms with Gasteiger partial charge in [-0.25, -0.2) is 0 Å². The van der Waals surface area contributed by atoms with Gasteiger partial charge in [0.1, 0.15) is 0 Å². The number of ketones is 1. The maximum atomic E-state index is 11.6. The lowest BCUT2D eigenvalue weighted by Gasteiger charge is -2.05. The van der Waals surface area contributed by atoms with Crippen molar-refractivity contribution in [3.8, 4) is 0 Å². The first-order valence-corrected chi connectivity index (χ1v) is 4.27. The number of hydrogen-bond acceptors (Lipinski definition) is 1. The normalized spacial score (nSPS) is 13.5. The van der Waals surface area contributed by atoms with E-state index in [1.807, 2.05) is 49.4 Å². The molecular weight excluding hydrogens is 160 g/mol. The Morgan fingerprint density at radius 2 is 1.77 bits per heavy atom. The summed E-state index contributed by atoms with van der Waals surface area (Å²) in [5, 5.41) is 0. The Morgan fingerprint density at radius 1 is 1.15 bits per heavy atom. The molecule has 0 aromatic heterocycles. The van der Waals surface area contributed by atoms with E-state index in [2.05, 4.69) is 0 Å². The number of benzene rings is 1. The van der Waals surface area contributed by atoms with Crippen LogP contribution in [0.1, 0.15) is 15.9 Å². The highest BCUT2D eigenvalue weighted by Crippen LogP contribution is 2.15. The van der Waals surface area contributed by atoms with Gasteiger partial charge in [-0.1, -0.05) is 48.1 Å². The molecule has 0 atom stereocenters. The Bertz CT molecular complexity index is 394. The molecule has 0 amide bonds. The molecule has 0 saturated heterocycles. The van der Waals surface area contributed by atoms with Gasteiger partial charge in [0.05, 0.1) is 0 Å². The molecule has 2 rings (SSSR count). The van der Waals surface area contributed by atoms with Gasteiger partial charge in [-0.15, -0.1) is 0 Å². The van der Waals surface area contributed by atoms with Crippen LogP contribution >= 0.6 is 0 Å². The number of rotatable bonds is 2. The fourth-order valence-corrected chi connectivity index (χ4v) is 1.22. The fraction of sp³-hybridized carbons (Fsp3) is 0.0833. The van der Waals surface area contributed by atoms with Crippen molar-refractivity contribution >= 4 is 5.78 Å². The van der Waals surface area contributed by atoms with Crippen LogP contribution in [0.5, 0.6) is 0 Å². The lowest BCUT2D eigenvalue weighted by atomic mass is 9.97. The van der Waals surface area contributed by atoms with Gasteiger partial charge in [0, 0.05) is 11.1 Å². The first-order chi connectivity index (χ1) is 6.27. The van der Waals surface area contributed by atoms with E-state index < -0.39 is 0 Å². The Labute approximate surface area is 77.4 Å². The SMILES string of the molecule is Cc1ccc(C(=O)C2=CC=C2)cc1. The minimum absolute atomic E-state index is 0.113. The molecule has 0 saturated carbocycles. The monoisotopic (exact) mass is 170 g/mol. The minimum Gasteiger partial charge on any atom is -0.289 e. The molecule has 0 N–H and O–H groups in total. The second-order valence-electron chi connectivity index (χ2n) is 3.18. The van der Waals surface area contributed by atoms with Crippen molar-refractivity contribution < 1.29 is 4.79 Å². The van der Waals surface area contributed by atoms with E-state index in [1.165, 1.54) is 5.56 Å². The van der Waals surface area contributed by atoms with Gasteiger partial charge in [-0.2, -0.15) is 0 Å². The molecular formula is C12H10O. The van der Waals surface area contributed by atoms with Gasteiger partial charge in [-0.3, -0.25) is 4.79 Å². The summed E-state index contributed by atoms with van der Waals surface area (Å²) in [5.41, 5.74) is 2.74. The summed E-state index contributed by atoms with van der Waals surface area (Å²) in [6, 6.07) is 7.64. The number of carbonyl (C=O) groups excluding carboxylic acids is 1. The molecule has 1 aliphatic carbocycles. The van der Waals surface area contributed by atoms with Crippen molar-refractivity contribution in [1.82, 2.24) is 0 Å². The first kappa shape index (κ1) is 7.99. The number of Topliss-reactive ketones (excluding diaryl/α,β-unsaturated/α-hetero) is 1. The molecule has 0 spiro atoms. The van der Waals surface area contributed by atoms with Gasteiger partial charge >= 0.3 is 0 Å². The summed E-state index contributed by atoms with van der Waals surface area (Å²) in [6.07, 6.45) is 5.55. The predicted molar refractivity (Wildman–Crippen MR) is 52.7 cm³/mol. The number of allylic oxidation sites excluding steroid dienone is 4. The Kier molecular flexibility index (Phi) is 1.85. The molecule has 0 unspecified atom stereocenters. The molecule has 1 aromatic rings. The van der Waals surface area contributed by atoms with Crippen LogP contribution < -0.4 is 0 Å². The van der Waals surface area contributed by atoms with Crippen molar-refractivity contribution in [2.24, 2.45) is 0 Å². The van der Waals surface area contributed by atoms with Crippen molar-refractivity contribution in [2.75, 3.05) is 0 Å². The summed E-state index contributed by atoms with van der Waals surface area (Å²) in [7, 11) is 0. The van der Waals surface area contributed by atoms with E-state index in [9.17, 15) is 4.79 Å². The largest absolute Gasteiger partial charge is 0.289 e. The van der Waals surface area contributed by atoms with Gasteiger partial charge < -0.3 is 0 Å². The smallest absolute Gasteiger partial charge is 0.193 e. The summed E-state index contributed by atoms with van der Waals surface area (Å²) in [6.45, 7) is 2.01. The zero-order valence-electron chi connectivity index (χ0n) is 7.45. The van der Waals surface area contributed by atoms with Crippen molar-refractivity contribution in [3.05, 3.63) is 59.2 Å². The Balaban J connectivity index is 2.25. The van der Waals surface area contributed by atoms with Crippen LogP contribution in [-0.2, 0) is 0 Å². The van der Waals surface area contributed by atoms with Gasteiger partial charge in [0.25, 0.3) is 0 Å². The second-order valence-corrected chi connectivity index (χ2v) is 3.18. The van der Waals surface area contributed by atoms with Gasteiger partial charge in [0.2, 0.25) is 0 Å². The van der Waals surface area contributed by atoms with E-state index in [0.29, 0.717) is 0 Å². The summed E-state index contributed by atoms with van der Waals surface area (Å²) in [4.78, 5) is 11.6. The third kappa shape index (κ3) is 1.45. The first-order valence-electron chi connectivity index (χ1n) is 4.27. The number of carbonyl (C=O) groups is 1. The van der Waals surface area contributed by atoms with Crippen molar-refractivity contribution in [2.45, 2.75) is 6.92 Å². The molecule has 1 heteroatoms. The minimum atomic E-state index is 0.113. The van der Waals surface area contributed by atoms with Gasteiger partial charge in [0.15, 0.2) is 5.78 Å². The maximum absolute atomic E-state index is 11.6. The molecule has 1 aliphatic rings. The molecule has 0 bridgehead atoms. The molecule has 13 heavy (non-hydrogen) atoms. The second kappa shape index (κ2) is 3.02. The van der Waals surface area contributed by atoms with Crippen LogP contribution in [0.4, 0.5) is 0 Å². The zero-order valence-corrected chi connectivity index (χ0v) is 7.45. The van der Waals surface area contributed by atoms with Crippen LogP contribution in [0.3, 0.4) is 0 Å². The van der Waals surface area contributed by atoms with Crippen molar-refractivity contribution in [3.63, 3.8) is 0 Å². The average molecular weight is 170 g/mol. The highest BCUT2D eigenvalue weighted by molar-refractivity contribution is 6.11. The average Bonchev–Trinajstić information content (AvgIpc) is 2.02. The van der Waals surface area contributed by atoms with Crippen LogP contribution in [0.2, 0.25) is 0 Å². The summed E-state index contributed by atoms with van der Waals surface area (Å²) >= 11 is 0. The molecule has 0 fully saturated rings. The Morgan fingerprint density at radius 3 is 2.23 bits per heavy atom. The van der Waals surface area contributed by atoms with Crippen LogP contribution in [-0.4, -0.2) is 5.78 Å². The molecule has 64 valence electrons. The number of aryl methyl sites for hydroxylation is 1. The number of hydrogen-bond donors (Lipinski definition) is 0. The molecule has 0 aliphatic heterocycles. The maximum Gasteiger partial charge on any atom is 0.193 e. The standard InChI is InChI=1S/C12H10O/c1-9-5-7-11(8-6-9)12(13)10-3-2-4-10/h2-8H,1H3. The van der Waals surface area contributed by atoms with Crippen molar-refractivity contribution in [1.29, 1.82) is 0 Å². The zero-order chi connectivity index (χ0) is 9.26. The topological polar surface area (TPSA) is 17.1 Å².